The number of halogens is 1. The molecule has 1 unspecified atom stereocenters. The van der Waals surface area contributed by atoms with E-state index in [2.05, 4.69) is 17.1 Å². The molecule has 26 heavy (non-hydrogen) atoms. The Labute approximate surface area is 157 Å². The van der Waals surface area contributed by atoms with Crippen LogP contribution in [0.15, 0.2) is 12.1 Å². The van der Waals surface area contributed by atoms with Gasteiger partial charge in [0.2, 0.25) is 11.8 Å². The predicted molar refractivity (Wildman–Crippen MR) is 100 cm³/mol. The molecule has 0 bridgehead atoms. The van der Waals surface area contributed by atoms with Crippen molar-refractivity contribution in [3.63, 3.8) is 0 Å². The van der Waals surface area contributed by atoms with E-state index in [1.165, 1.54) is 6.07 Å². The van der Waals surface area contributed by atoms with Gasteiger partial charge < -0.3 is 9.80 Å². The lowest BCUT2D eigenvalue weighted by molar-refractivity contribution is -0.136. The van der Waals surface area contributed by atoms with Crippen molar-refractivity contribution in [1.29, 1.82) is 0 Å². The van der Waals surface area contributed by atoms with Crippen molar-refractivity contribution >= 4 is 34.7 Å². The summed E-state index contributed by atoms with van der Waals surface area (Å²) < 4.78 is 14.8. The number of nitrogens with zero attached hydrogens (tertiary/aromatic N) is 2. The van der Waals surface area contributed by atoms with Crippen molar-refractivity contribution in [3.8, 4) is 0 Å². The molecule has 2 saturated heterocycles. The van der Waals surface area contributed by atoms with Crippen molar-refractivity contribution in [2.45, 2.75) is 45.2 Å². The van der Waals surface area contributed by atoms with Crippen LogP contribution in [0.1, 0.15) is 43.7 Å². The first-order valence-electron chi connectivity index (χ1n) is 9.16. The Morgan fingerprint density at radius 1 is 1.19 bits per heavy atom. The van der Waals surface area contributed by atoms with Gasteiger partial charge in [-0.3, -0.25) is 14.9 Å². The molecule has 0 aliphatic carbocycles. The van der Waals surface area contributed by atoms with Crippen LogP contribution in [0.5, 0.6) is 0 Å². The van der Waals surface area contributed by atoms with Gasteiger partial charge in [0.05, 0.1) is 5.69 Å². The lowest BCUT2D eigenvalue weighted by Gasteiger charge is -2.32. The standard InChI is InChI=1S/C19H22FN3O2S/c1-11-4-6-22(7-5-11)16-8-12-10-23(19(26)13(12)9-14(16)20)15-2-3-17(24)21-18(15)25/h8-9,11,15H,2-7,10H2,1H3,(H,21,24,25). The molecule has 2 amide bonds. The Bertz CT molecular complexity index is 789. The van der Waals surface area contributed by atoms with Crippen LogP contribution in [0.3, 0.4) is 0 Å². The minimum atomic E-state index is -0.463. The molecule has 1 aromatic carbocycles. The normalized spacial score (nSPS) is 24.1. The number of carbonyl (C=O) groups is 2. The first kappa shape index (κ1) is 17.4. The molecule has 0 saturated carbocycles. The Balaban J connectivity index is 1.58. The molecular formula is C19H22FN3O2S. The molecule has 0 spiro atoms. The number of fused-ring (bicyclic) bond motifs is 1. The predicted octanol–water partition coefficient (Wildman–Crippen LogP) is 2.36. The van der Waals surface area contributed by atoms with Crippen molar-refractivity contribution in [2.75, 3.05) is 18.0 Å². The molecule has 0 aromatic heterocycles. The van der Waals surface area contributed by atoms with Gasteiger partial charge in [-0.2, -0.15) is 0 Å². The number of rotatable bonds is 2. The molecule has 1 atom stereocenters. The smallest absolute Gasteiger partial charge is 0.249 e. The van der Waals surface area contributed by atoms with Crippen LogP contribution < -0.4 is 10.2 Å². The summed E-state index contributed by atoms with van der Waals surface area (Å²) in [4.78, 5) is 28.0. The average Bonchev–Trinajstić information content (AvgIpc) is 2.91. The van der Waals surface area contributed by atoms with E-state index in [1.54, 1.807) is 0 Å². The molecule has 2 fully saturated rings. The zero-order valence-electron chi connectivity index (χ0n) is 14.8. The van der Waals surface area contributed by atoms with Crippen molar-refractivity contribution in [1.82, 2.24) is 10.2 Å². The largest absolute Gasteiger partial charge is 0.369 e. The van der Waals surface area contributed by atoms with Crippen LogP contribution >= 0.6 is 12.2 Å². The molecule has 3 aliphatic heterocycles. The maximum atomic E-state index is 14.8. The number of anilines is 1. The highest BCUT2D eigenvalue weighted by Crippen LogP contribution is 2.34. The second-order valence-electron chi connectivity index (χ2n) is 7.53. The van der Waals surface area contributed by atoms with E-state index in [4.69, 9.17) is 12.2 Å². The van der Waals surface area contributed by atoms with Crippen LogP contribution in [0, 0.1) is 11.7 Å². The number of hydrogen-bond donors (Lipinski definition) is 1. The molecule has 3 aliphatic rings. The Morgan fingerprint density at radius 3 is 2.62 bits per heavy atom. The van der Waals surface area contributed by atoms with Crippen LogP contribution in [-0.2, 0) is 16.1 Å². The van der Waals surface area contributed by atoms with Gasteiger partial charge in [0.1, 0.15) is 16.8 Å². The monoisotopic (exact) mass is 375 g/mol. The second-order valence-corrected chi connectivity index (χ2v) is 7.92. The van der Waals surface area contributed by atoms with Crippen molar-refractivity contribution < 1.29 is 14.0 Å². The van der Waals surface area contributed by atoms with Gasteiger partial charge in [0.25, 0.3) is 0 Å². The molecule has 1 aromatic rings. The van der Waals surface area contributed by atoms with Gasteiger partial charge in [-0.15, -0.1) is 0 Å². The molecule has 1 N–H and O–H groups in total. The van der Waals surface area contributed by atoms with E-state index in [1.807, 2.05) is 11.0 Å². The lowest BCUT2D eigenvalue weighted by Crippen LogP contribution is -2.52. The van der Waals surface area contributed by atoms with E-state index < -0.39 is 6.04 Å². The first-order chi connectivity index (χ1) is 12.4. The SMILES string of the molecule is CC1CCN(c2cc3c(cc2F)C(=S)N(C2CCC(=O)NC2=O)C3)CC1. The lowest BCUT2D eigenvalue weighted by atomic mass is 9.98. The summed E-state index contributed by atoms with van der Waals surface area (Å²) in [5, 5.41) is 2.37. The summed E-state index contributed by atoms with van der Waals surface area (Å²) in [6, 6.07) is 2.94. The molecule has 0 radical (unpaired) electrons. The van der Waals surface area contributed by atoms with Crippen molar-refractivity contribution in [3.05, 3.63) is 29.1 Å². The fraction of sp³-hybridized carbons (Fsp3) is 0.526. The van der Waals surface area contributed by atoms with Gasteiger partial charge in [0, 0.05) is 31.6 Å². The van der Waals surface area contributed by atoms with Crippen LogP contribution in [0.4, 0.5) is 10.1 Å². The summed E-state index contributed by atoms with van der Waals surface area (Å²) in [5.41, 5.74) is 2.27. The average molecular weight is 375 g/mol. The number of thiocarbonyl (C=S) groups is 1. The van der Waals surface area contributed by atoms with E-state index in [9.17, 15) is 14.0 Å². The highest BCUT2D eigenvalue weighted by atomic mass is 32.1. The minimum absolute atomic E-state index is 0.249. The summed E-state index contributed by atoms with van der Waals surface area (Å²) >= 11 is 5.51. The Kier molecular flexibility index (Phi) is 4.42. The first-order valence-corrected chi connectivity index (χ1v) is 9.57. The topological polar surface area (TPSA) is 52.6 Å². The maximum Gasteiger partial charge on any atom is 0.249 e. The van der Waals surface area contributed by atoms with Crippen LogP contribution in [0.2, 0.25) is 0 Å². The van der Waals surface area contributed by atoms with Crippen LogP contribution in [0.25, 0.3) is 0 Å². The van der Waals surface area contributed by atoms with E-state index in [0.29, 0.717) is 41.5 Å². The zero-order valence-corrected chi connectivity index (χ0v) is 15.6. The summed E-state index contributed by atoms with van der Waals surface area (Å²) in [6.07, 6.45) is 2.88. The highest BCUT2D eigenvalue weighted by Gasteiger charge is 2.37. The Morgan fingerprint density at radius 2 is 1.92 bits per heavy atom. The Hall–Kier alpha value is -2.02. The van der Waals surface area contributed by atoms with Gasteiger partial charge >= 0.3 is 0 Å². The quantitative estimate of drug-likeness (QED) is 0.635. The molecule has 4 rings (SSSR count). The van der Waals surface area contributed by atoms with Gasteiger partial charge in [-0.1, -0.05) is 19.1 Å². The molecule has 3 heterocycles. The molecule has 138 valence electrons. The maximum absolute atomic E-state index is 14.8. The molecular weight excluding hydrogens is 353 g/mol. The summed E-state index contributed by atoms with van der Waals surface area (Å²) in [7, 11) is 0. The number of piperidine rings is 2. The fourth-order valence-electron chi connectivity index (χ4n) is 4.07. The van der Waals surface area contributed by atoms with Gasteiger partial charge in [-0.05, 0) is 42.9 Å². The number of benzene rings is 1. The number of amides is 2. The van der Waals surface area contributed by atoms with Crippen LogP contribution in [-0.4, -0.2) is 40.8 Å². The van der Waals surface area contributed by atoms with E-state index in [0.717, 1.165) is 31.5 Å². The molecule has 7 heteroatoms. The third kappa shape index (κ3) is 2.98. The number of imide groups is 1. The second kappa shape index (κ2) is 6.61. The summed E-state index contributed by atoms with van der Waals surface area (Å²) in [6.45, 7) is 4.43. The number of nitrogens with one attached hydrogen (secondary N) is 1. The highest BCUT2D eigenvalue weighted by molar-refractivity contribution is 7.80. The fourth-order valence-corrected chi connectivity index (χ4v) is 4.45. The number of carbonyl (C=O) groups excluding carboxylic acids is 2. The number of hydrogen-bond acceptors (Lipinski definition) is 4. The third-order valence-electron chi connectivity index (χ3n) is 5.72. The van der Waals surface area contributed by atoms with E-state index >= 15 is 0 Å². The van der Waals surface area contributed by atoms with E-state index in [-0.39, 0.29) is 17.6 Å². The summed E-state index contributed by atoms with van der Waals surface area (Å²) in [5.74, 6) is -0.145. The minimum Gasteiger partial charge on any atom is -0.369 e. The third-order valence-corrected chi connectivity index (χ3v) is 6.17. The molecule has 5 nitrogen and oxygen atoms in total. The van der Waals surface area contributed by atoms with Gasteiger partial charge in [0.15, 0.2) is 0 Å². The van der Waals surface area contributed by atoms with Gasteiger partial charge in [-0.25, -0.2) is 4.39 Å². The van der Waals surface area contributed by atoms with Crippen molar-refractivity contribution in [2.24, 2.45) is 5.92 Å². The zero-order chi connectivity index (χ0) is 18.4.